The van der Waals surface area contributed by atoms with Gasteiger partial charge < -0.3 is 4.42 Å². The highest BCUT2D eigenvalue weighted by Gasteiger charge is 2.35. The van der Waals surface area contributed by atoms with Crippen LogP contribution < -0.4 is 0 Å². The van der Waals surface area contributed by atoms with Gasteiger partial charge in [0.05, 0.1) is 11.4 Å². The SMILES string of the molecule is CC1(C)c2ccccc2-c2ccc(-c3cc(-c4cc(-c5ccccc5)cc(-c5c6ccccc6cc6c5oc5ccccc56)c4)nc(-c4ccccc4)n3)cc21. The summed E-state index contributed by atoms with van der Waals surface area (Å²) in [5.74, 6) is 0.692. The molecule has 0 atom stereocenters. The molecule has 11 rings (SSSR count). The Morgan fingerprint density at radius 1 is 0.411 bits per heavy atom. The first-order chi connectivity index (χ1) is 27.5. The minimum Gasteiger partial charge on any atom is -0.455 e. The Morgan fingerprint density at radius 2 is 1.04 bits per heavy atom. The van der Waals surface area contributed by atoms with Gasteiger partial charge in [0.2, 0.25) is 0 Å². The van der Waals surface area contributed by atoms with Crippen molar-refractivity contribution in [2.75, 3.05) is 0 Å². The summed E-state index contributed by atoms with van der Waals surface area (Å²) in [6, 6.07) is 64.8. The van der Waals surface area contributed by atoms with Crippen molar-refractivity contribution < 1.29 is 4.42 Å². The summed E-state index contributed by atoms with van der Waals surface area (Å²) >= 11 is 0. The molecule has 2 aromatic heterocycles. The number of rotatable bonds is 5. The van der Waals surface area contributed by atoms with Gasteiger partial charge in [0.1, 0.15) is 11.2 Å². The third kappa shape index (κ3) is 5.12. The fourth-order valence-corrected chi connectivity index (χ4v) is 8.85. The Kier molecular flexibility index (Phi) is 7.20. The second-order valence-electron chi connectivity index (χ2n) is 15.4. The van der Waals surface area contributed by atoms with E-state index in [0.29, 0.717) is 5.82 Å². The van der Waals surface area contributed by atoms with E-state index in [4.69, 9.17) is 14.4 Å². The highest BCUT2D eigenvalue weighted by Crippen LogP contribution is 2.50. The number of furan rings is 1. The zero-order valence-corrected chi connectivity index (χ0v) is 31.1. The Morgan fingerprint density at radius 3 is 1.86 bits per heavy atom. The van der Waals surface area contributed by atoms with E-state index in [1.165, 1.54) is 27.6 Å². The van der Waals surface area contributed by atoms with E-state index in [2.05, 4.69) is 172 Å². The van der Waals surface area contributed by atoms with Crippen LogP contribution in [0.2, 0.25) is 0 Å². The van der Waals surface area contributed by atoms with Gasteiger partial charge in [-0.25, -0.2) is 9.97 Å². The van der Waals surface area contributed by atoms with Crippen LogP contribution in [0.4, 0.5) is 0 Å². The van der Waals surface area contributed by atoms with Crippen molar-refractivity contribution in [1.29, 1.82) is 0 Å². The van der Waals surface area contributed by atoms with Crippen molar-refractivity contribution in [2.45, 2.75) is 19.3 Å². The first kappa shape index (κ1) is 32.3. The van der Waals surface area contributed by atoms with Gasteiger partial charge in [0, 0.05) is 38.4 Å². The number of para-hydroxylation sites is 1. The van der Waals surface area contributed by atoms with Crippen molar-refractivity contribution in [2.24, 2.45) is 0 Å². The molecule has 1 aliphatic carbocycles. The molecule has 10 aromatic rings. The molecule has 0 aliphatic heterocycles. The molecule has 0 bridgehead atoms. The lowest BCUT2D eigenvalue weighted by Crippen LogP contribution is -2.14. The zero-order valence-electron chi connectivity index (χ0n) is 31.1. The summed E-state index contributed by atoms with van der Waals surface area (Å²) in [6.07, 6.45) is 0. The molecule has 0 saturated heterocycles. The van der Waals surface area contributed by atoms with E-state index in [0.717, 1.165) is 77.7 Å². The van der Waals surface area contributed by atoms with Crippen LogP contribution >= 0.6 is 0 Å². The average Bonchev–Trinajstić information content (AvgIpc) is 3.74. The number of fused-ring (bicyclic) bond motifs is 7. The first-order valence-electron chi connectivity index (χ1n) is 19.2. The molecule has 0 saturated carbocycles. The molecule has 56 heavy (non-hydrogen) atoms. The summed E-state index contributed by atoms with van der Waals surface area (Å²) in [5, 5.41) is 4.54. The summed E-state index contributed by atoms with van der Waals surface area (Å²) in [6.45, 7) is 4.65. The van der Waals surface area contributed by atoms with E-state index in [-0.39, 0.29) is 5.41 Å². The van der Waals surface area contributed by atoms with E-state index >= 15 is 0 Å². The van der Waals surface area contributed by atoms with Crippen molar-refractivity contribution >= 4 is 32.7 Å². The molecule has 0 radical (unpaired) electrons. The molecule has 1 aliphatic rings. The summed E-state index contributed by atoms with van der Waals surface area (Å²) in [4.78, 5) is 10.6. The minimum absolute atomic E-state index is 0.126. The van der Waals surface area contributed by atoms with E-state index in [9.17, 15) is 0 Å². The lowest BCUT2D eigenvalue weighted by molar-refractivity contribution is 0.660. The largest absolute Gasteiger partial charge is 0.455 e. The zero-order chi connectivity index (χ0) is 37.4. The monoisotopic (exact) mass is 716 g/mol. The van der Waals surface area contributed by atoms with Crippen LogP contribution in [0.25, 0.3) is 100.0 Å². The van der Waals surface area contributed by atoms with Gasteiger partial charge in [-0.15, -0.1) is 0 Å². The third-order valence-corrected chi connectivity index (χ3v) is 11.7. The maximum atomic E-state index is 6.74. The number of hydrogen-bond acceptors (Lipinski definition) is 3. The topological polar surface area (TPSA) is 38.9 Å². The second-order valence-corrected chi connectivity index (χ2v) is 15.4. The fraction of sp³-hybridized carbons (Fsp3) is 0.0566. The van der Waals surface area contributed by atoms with E-state index in [1.807, 2.05) is 24.3 Å². The maximum absolute atomic E-state index is 6.74. The standard InChI is InChI=1S/C53H36N2O/c1-53(2)45-23-13-11-21-41(45)42-26-25-36(31-46(42)53)47-32-48(55-52(54-47)34-17-7-4-8-18-34)38-27-37(33-15-5-3-6-16-33)28-39(29-38)50-40-20-10-9-19-35(40)30-44-43-22-12-14-24-49(43)56-51(44)50/h3-32H,1-2H3. The molecule has 0 spiro atoms. The van der Waals surface area contributed by atoms with Crippen molar-refractivity contribution in [3.05, 3.63) is 193 Å². The molecule has 8 aromatic carbocycles. The number of nitrogens with zero attached hydrogens (tertiary/aromatic N) is 2. The molecule has 2 heterocycles. The van der Waals surface area contributed by atoms with Crippen molar-refractivity contribution in [1.82, 2.24) is 9.97 Å². The maximum Gasteiger partial charge on any atom is 0.160 e. The number of hydrogen-bond donors (Lipinski definition) is 0. The molecule has 264 valence electrons. The van der Waals surface area contributed by atoms with Gasteiger partial charge in [-0.1, -0.05) is 153 Å². The van der Waals surface area contributed by atoms with Crippen LogP contribution in [-0.2, 0) is 5.41 Å². The van der Waals surface area contributed by atoms with Crippen LogP contribution in [0.5, 0.6) is 0 Å². The van der Waals surface area contributed by atoms with E-state index in [1.54, 1.807) is 0 Å². The fourth-order valence-electron chi connectivity index (χ4n) is 8.85. The molecule has 0 N–H and O–H groups in total. The van der Waals surface area contributed by atoms with Crippen LogP contribution in [-0.4, -0.2) is 9.97 Å². The van der Waals surface area contributed by atoms with Gasteiger partial charge >= 0.3 is 0 Å². The van der Waals surface area contributed by atoms with Gasteiger partial charge in [0.15, 0.2) is 5.82 Å². The van der Waals surface area contributed by atoms with Crippen molar-refractivity contribution in [3.63, 3.8) is 0 Å². The van der Waals surface area contributed by atoms with Crippen LogP contribution in [0.1, 0.15) is 25.0 Å². The minimum atomic E-state index is -0.126. The molecule has 0 fully saturated rings. The first-order valence-corrected chi connectivity index (χ1v) is 19.2. The highest BCUT2D eigenvalue weighted by atomic mass is 16.3. The highest BCUT2D eigenvalue weighted by molar-refractivity contribution is 6.18. The Hall–Kier alpha value is -7.10. The summed E-state index contributed by atoms with van der Waals surface area (Å²) < 4.78 is 6.74. The van der Waals surface area contributed by atoms with Crippen molar-refractivity contribution in [3.8, 4) is 67.3 Å². The van der Waals surface area contributed by atoms with Gasteiger partial charge in [0.25, 0.3) is 0 Å². The molecular formula is C53H36N2O. The number of benzene rings is 8. The number of aromatic nitrogens is 2. The Balaban J connectivity index is 1.17. The van der Waals surface area contributed by atoms with Crippen LogP contribution in [0.15, 0.2) is 186 Å². The quantitative estimate of drug-likeness (QED) is 0.178. The average molecular weight is 717 g/mol. The lowest BCUT2D eigenvalue weighted by atomic mass is 9.82. The molecule has 3 nitrogen and oxygen atoms in total. The van der Waals surface area contributed by atoms with Crippen LogP contribution in [0.3, 0.4) is 0 Å². The van der Waals surface area contributed by atoms with E-state index < -0.39 is 0 Å². The van der Waals surface area contributed by atoms with Crippen LogP contribution in [0, 0.1) is 0 Å². The third-order valence-electron chi connectivity index (χ3n) is 11.7. The molecule has 0 amide bonds. The lowest BCUT2D eigenvalue weighted by Gasteiger charge is -2.22. The predicted molar refractivity (Wildman–Crippen MR) is 232 cm³/mol. The second kappa shape index (κ2) is 12.5. The Bertz CT molecular complexity index is 3160. The van der Waals surface area contributed by atoms with Gasteiger partial charge in [-0.2, -0.15) is 0 Å². The molecule has 0 unspecified atom stereocenters. The normalized spacial score (nSPS) is 13.0. The smallest absolute Gasteiger partial charge is 0.160 e. The summed E-state index contributed by atoms with van der Waals surface area (Å²) in [5.41, 5.74) is 16.1. The van der Waals surface area contributed by atoms with Gasteiger partial charge in [-0.05, 0) is 92.2 Å². The Labute approximate surface area is 325 Å². The van der Waals surface area contributed by atoms with Gasteiger partial charge in [-0.3, -0.25) is 0 Å². The molecular weight excluding hydrogens is 681 g/mol. The molecule has 3 heteroatoms. The predicted octanol–water partition coefficient (Wildman–Crippen LogP) is 14.2. The summed E-state index contributed by atoms with van der Waals surface area (Å²) in [7, 11) is 0.